The molecule has 100 valence electrons. The molecule has 5 nitrogen and oxygen atoms in total. The van der Waals surface area contributed by atoms with Gasteiger partial charge >= 0.3 is 6.36 Å². The van der Waals surface area contributed by atoms with E-state index in [9.17, 15) is 13.2 Å². The number of benzene rings is 1. The third-order valence-corrected chi connectivity index (χ3v) is 2.09. The van der Waals surface area contributed by atoms with Gasteiger partial charge in [0.2, 0.25) is 0 Å². The molecular formula is C11H9F3N4O. The highest BCUT2D eigenvalue weighted by Gasteiger charge is 2.31. The maximum Gasteiger partial charge on any atom is 0.573 e. The summed E-state index contributed by atoms with van der Waals surface area (Å²) in [4.78, 5) is 7.78. The van der Waals surface area contributed by atoms with Crippen molar-refractivity contribution in [1.82, 2.24) is 9.97 Å². The molecule has 0 saturated carbocycles. The first kappa shape index (κ1) is 12.9. The van der Waals surface area contributed by atoms with Gasteiger partial charge in [-0.15, -0.1) is 13.2 Å². The van der Waals surface area contributed by atoms with Gasteiger partial charge in [-0.3, -0.25) is 0 Å². The Morgan fingerprint density at radius 1 is 1.00 bits per heavy atom. The monoisotopic (exact) mass is 270 g/mol. The van der Waals surface area contributed by atoms with Crippen molar-refractivity contribution in [3.63, 3.8) is 0 Å². The minimum Gasteiger partial charge on any atom is -0.406 e. The van der Waals surface area contributed by atoms with Gasteiger partial charge in [0, 0.05) is 11.6 Å². The van der Waals surface area contributed by atoms with Gasteiger partial charge in [0.1, 0.15) is 17.4 Å². The van der Waals surface area contributed by atoms with Crippen molar-refractivity contribution in [1.29, 1.82) is 0 Å². The van der Waals surface area contributed by atoms with Crippen molar-refractivity contribution >= 4 is 11.6 Å². The van der Waals surface area contributed by atoms with Crippen LogP contribution in [-0.2, 0) is 0 Å². The predicted molar refractivity (Wildman–Crippen MR) is 63.0 cm³/mol. The largest absolute Gasteiger partial charge is 0.573 e. The number of hydrogen-bond acceptors (Lipinski definition) is 5. The predicted octanol–water partition coefficient (Wildman–Crippen LogP) is 2.21. The van der Waals surface area contributed by atoms with E-state index >= 15 is 0 Å². The molecule has 0 bridgehead atoms. The van der Waals surface area contributed by atoms with Gasteiger partial charge in [0.15, 0.2) is 5.82 Å². The Bertz CT molecular complexity index is 580. The summed E-state index contributed by atoms with van der Waals surface area (Å²) >= 11 is 0. The molecule has 1 aromatic carbocycles. The third kappa shape index (κ3) is 3.47. The van der Waals surface area contributed by atoms with E-state index in [1.807, 2.05) is 0 Å². The molecule has 0 spiro atoms. The highest BCUT2D eigenvalue weighted by molar-refractivity contribution is 5.61. The molecule has 2 rings (SSSR count). The van der Waals surface area contributed by atoms with Gasteiger partial charge in [-0.2, -0.15) is 0 Å². The number of hydrogen-bond donors (Lipinski definition) is 2. The van der Waals surface area contributed by atoms with Crippen LogP contribution in [-0.4, -0.2) is 16.3 Å². The number of nitrogens with two attached hydrogens (primary N) is 2. The zero-order chi connectivity index (χ0) is 14.0. The minimum absolute atomic E-state index is 0.129. The summed E-state index contributed by atoms with van der Waals surface area (Å²) in [5.41, 5.74) is 11.3. The number of halogens is 3. The maximum absolute atomic E-state index is 12.1. The average Bonchev–Trinajstić information content (AvgIpc) is 2.25. The van der Waals surface area contributed by atoms with Crippen LogP contribution >= 0.6 is 0 Å². The SMILES string of the molecule is Nc1cc(N)nc(-c2cccc(OC(F)(F)F)c2)n1. The molecule has 1 aromatic heterocycles. The lowest BCUT2D eigenvalue weighted by Crippen LogP contribution is -2.17. The molecule has 0 unspecified atom stereocenters. The second kappa shape index (κ2) is 4.63. The molecule has 4 N–H and O–H groups in total. The molecule has 19 heavy (non-hydrogen) atoms. The number of ether oxygens (including phenoxy) is 1. The van der Waals surface area contributed by atoms with Crippen LogP contribution in [0.2, 0.25) is 0 Å². The van der Waals surface area contributed by atoms with Gasteiger partial charge in [-0.1, -0.05) is 12.1 Å². The van der Waals surface area contributed by atoms with E-state index in [4.69, 9.17) is 11.5 Å². The van der Waals surface area contributed by atoms with Gasteiger partial charge < -0.3 is 16.2 Å². The lowest BCUT2D eigenvalue weighted by molar-refractivity contribution is -0.274. The molecule has 0 aliphatic carbocycles. The average molecular weight is 270 g/mol. The third-order valence-electron chi connectivity index (χ3n) is 2.09. The minimum atomic E-state index is -4.76. The summed E-state index contributed by atoms with van der Waals surface area (Å²) in [5.74, 6) is 0.0222. The Balaban J connectivity index is 2.37. The smallest absolute Gasteiger partial charge is 0.406 e. The normalized spacial score (nSPS) is 11.3. The fourth-order valence-corrected chi connectivity index (χ4v) is 1.45. The first-order valence-corrected chi connectivity index (χ1v) is 5.10. The molecule has 0 atom stereocenters. The highest BCUT2D eigenvalue weighted by atomic mass is 19.4. The molecule has 0 saturated heterocycles. The van der Waals surface area contributed by atoms with Gasteiger partial charge in [-0.05, 0) is 12.1 Å². The molecule has 1 heterocycles. The highest BCUT2D eigenvalue weighted by Crippen LogP contribution is 2.27. The van der Waals surface area contributed by atoms with E-state index in [0.29, 0.717) is 5.56 Å². The van der Waals surface area contributed by atoms with Crippen LogP contribution in [0.4, 0.5) is 24.8 Å². The van der Waals surface area contributed by atoms with Crippen molar-refractivity contribution in [2.24, 2.45) is 0 Å². The first-order valence-electron chi connectivity index (χ1n) is 5.10. The van der Waals surface area contributed by atoms with Gasteiger partial charge in [0.05, 0.1) is 0 Å². The first-order chi connectivity index (χ1) is 8.83. The zero-order valence-corrected chi connectivity index (χ0v) is 9.48. The summed E-state index contributed by atoms with van der Waals surface area (Å²) in [6.07, 6.45) is -4.76. The zero-order valence-electron chi connectivity index (χ0n) is 9.48. The number of anilines is 2. The van der Waals surface area contributed by atoms with Crippen LogP contribution in [0.25, 0.3) is 11.4 Å². The second-order valence-corrected chi connectivity index (χ2v) is 3.62. The Morgan fingerprint density at radius 3 is 2.21 bits per heavy atom. The molecule has 0 fully saturated rings. The van der Waals surface area contributed by atoms with Crippen LogP contribution in [0.1, 0.15) is 0 Å². The fourth-order valence-electron chi connectivity index (χ4n) is 1.45. The Morgan fingerprint density at radius 2 is 1.63 bits per heavy atom. The van der Waals surface area contributed by atoms with E-state index < -0.39 is 6.36 Å². The molecule has 8 heteroatoms. The summed E-state index contributed by atoms with van der Waals surface area (Å²) in [7, 11) is 0. The number of rotatable bonds is 2. The Labute approximate surface area is 106 Å². The van der Waals surface area contributed by atoms with Crippen molar-refractivity contribution < 1.29 is 17.9 Å². The fraction of sp³-hybridized carbons (Fsp3) is 0.0909. The molecule has 0 aliphatic rings. The van der Waals surface area contributed by atoms with Crippen LogP contribution < -0.4 is 16.2 Å². The van der Waals surface area contributed by atoms with Gasteiger partial charge in [0.25, 0.3) is 0 Å². The van der Waals surface area contributed by atoms with Crippen LogP contribution in [0, 0.1) is 0 Å². The summed E-state index contributed by atoms with van der Waals surface area (Å²) in [6, 6.07) is 6.59. The number of nitrogens with zero attached hydrogens (tertiary/aromatic N) is 2. The van der Waals surface area contributed by atoms with Crippen molar-refractivity contribution in [2.75, 3.05) is 11.5 Å². The second-order valence-electron chi connectivity index (χ2n) is 3.62. The van der Waals surface area contributed by atoms with Crippen LogP contribution in [0.15, 0.2) is 30.3 Å². The molecule has 2 aromatic rings. The maximum atomic E-state index is 12.1. The molecule has 0 aliphatic heterocycles. The van der Waals surface area contributed by atoms with Crippen LogP contribution in [0.3, 0.4) is 0 Å². The van der Waals surface area contributed by atoms with Crippen molar-refractivity contribution in [3.05, 3.63) is 30.3 Å². The van der Waals surface area contributed by atoms with E-state index in [1.165, 1.54) is 24.3 Å². The number of aromatic nitrogens is 2. The quantitative estimate of drug-likeness (QED) is 0.873. The number of nitrogen functional groups attached to an aromatic ring is 2. The van der Waals surface area contributed by atoms with E-state index in [1.54, 1.807) is 0 Å². The van der Waals surface area contributed by atoms with Crippen molar-refractivity contribution in [3.8, 4) is 17.1 Å². The van der Waals surface area contributed by atoms with Gasteiger partial charge in [-0.25, -0.2) is 9.97 Å². The number of alkyl halides is 3. The molecule has 0 radical (unpaired) electrons. The summed E-state index contributed by atoms with van der Waals surface area (Å²) in [6.45, 7) is 0. The van der Waals surface area contributed by atoms with Crippen LogP contribution in [0.5, 0.6) is 5.75 Å². The lowest BCUT2D eigenvalue weighted by Gasteiger charge is -2.10. The lowest BCUT2D eigenvalue weighted by atomic mass is 10.2. The summed E-state index contributed by atoms with van der Waals surface area (Å²) in [5, 5.41) is 0. The van der Waals surface area contributed by atoms with E-state index in [0.717, 1.165) is 6.07 Å². The molecule has 0 amide bonds. The standard InChI is InChI=1S/C11H9F3N4O/c12-11(13,14)19-7-3-1-2-6(4-7)10-17-8(15)5-9(16)18-10/h1-5H,(H4,15,16,17,18). The molecular weight excluding hydrogens is 261 g/mol. The Hall–Kier alpha value is -2.51. The van der Waals surface area contributed by atoms with E-state index in [2.05, 4.69) is 14.7 Å². The topological polar surface area (TPSA) is 87.1 Å². The Kier molecular flexibility index (Phi) is 3.16. The van der Waals surface area contributed by atoms with Crippen molar-refractivity contribution in [2.45, 2.75) is 6.36 Å². The summed E-state index contributed by atoms with van der Waals surface area (Å²) < 4.78 is 40.1. The van der Waals surface area contributed by atoms with E-state index in [-0.39, 0.29) is 23.2 Å².